The van der Waals surface area contributed by atoms with Crippen LogP contribution in [0, 0.1) is 0 Å². The highest BCUT2D eigenvalue weighted by molar-refractivity contribution is 5.89. The summed E-state index contributed by atoms with van der Waals surface area (Å²) < 4.78 is 1.78. The average Bonchev–Trinajstić information content (AvgIpc) is 3.12. The summed E-state index contributed by atoms with van der Waals surface area (Å²) in [5.74, 6) is 0. The van der Waals surface area contributed by atoms with Crippen LogP contribution in [0.2, 0.25) is 0 Å². The Hall–Kier alpha value is -2.93. The zero-order valence-corrected chi connectivity index (χ0v) is 15.9. The van der Waals surface area contributed by atoms with Crippen LogP contribution in [0.3, 0.4) is 0 Å². The molecule has 0 atom stereocenters. The molecule has 0 unspecified atom stereocenters. The van der Waals surface area contributed by atoms with Crippen LogP contribution in [0.1, 0.15) is 20.3 Å². The monoisotopic (exact) mass is 366 g/mol. The van der Waals surface area contributed by atoms with Crippen LogP contribution in [0.25, 0.3) is 16.7 Å². The van der Waals surface area contributed by atoms with Crippen molar-refractivity contribution in [2.24, 2.45) is 0 Å². The molecule has 0 radical (unpaired) electrons. The van der Waals surface area contributed by atoms with Crippen molar-refractivity contribution in [2.75, 3.05) is 31.5 Å². The predicted octanol–water partition coefficient (Wildman–Crippen LogP) is 3.27. The van der Waals surface area contributed by atoms with Gasteiger partial charge >= 0.3 is 6.03 Å². The van der Waals surface area contributed by atoms with Crippen LogP contribution in [-0.2, 0) is 0 Å². The Morgan fingerprint density at radius 1 is 1.07 bits per heavy atom. The number of benzene rings is 2. The van der Waals surface area contributed by atoms with Gasteiger partial charge in [0.05, 0.1) is 11.2 Å². The summed E-state index contributed by atoms with van der Waals surface area (Å²) in [6, 6.07) is 15.2. The van der Waals surface area contributed by atoms with Gasteiger partial charge in [-0.2, -0.15) is 0 Å². The summed E-state index contributed by atoms with van der Waals surface area (Å²) in [5.41, 5.74) is 3.43. The third kappa shape index (κ3) is 4.83. The van der Waals surface area contributed by atoms with Crippen molar-refractivity contribution < 1.29 is 4.79 Å². The molecule has 2 aromatic carbocycles. The lowest BCUT2D eigenvalue weighted by Gasteiger charge is -2.19. The van der Waals surface area contributed by atoms with Crippen LogP contribution in [0.15, 0.2) is 48.5 Å². The highest BCUT2D eigenvalue weighted by Gasteiger charge is 2.07. The van der Waals surface area contributed by atoms with Crippen molar-refractivity contribution in [3.63, 3.8) is 0 Å². The number of hydrogen-bond acceptors (Lipinski definition) is 4. The largest absolute Gasteiger partial charge is 0.337 e. The molecular weight excluding hydrogens is 340 g/mol. The van der Waals surface area contributed by atoms with E-state index >= 15 is 0 Å². The molecule has 7 heteroatoms. The average molecular weight is 366 g/mol. The lowest BCUT2D eigenvalue weighted by Crippen LogP contribution is -2.37. The molecule has 27 heavy (non-hydrogen) atoms. The molecular formula is C20H26N6O. The Kier molecular flexibility index (Phi) is 6.38. The summed E-state index contributed by atoms with van der Waals surface area (Å²) in [7, 11) is 0. The highest BCUT2D eigenvalue weighted by Crippen LogP contribution is 2.17. The van der Waals surface area contributed by atoms with Crippen molar-refractivity contribution in [2.45, 2.75) is 20.3 Å². The van der Waals surface area contributed by atoms with Gasteiger partial charge in [0.1, 0.15) is 5.52 Å². The number of carbonyl (C=O) groups is 1. The first-order chi connectivity index (χ1) is 13.2. The smallest absolute Gasteiger partial charge is 0.319 e. The normalized spacial score (nSPS) is 11.1. The Labute approximate surface area is 159 Å². The Morgan fingerprint density at radius 3 is 2.59 bits per heavy atom. The van der Waals surface area contributed by atoms with E-state index in [-0.39, 0.29) is 6.03 Å². The maximum atomic E-state index is 12.1. The van der Waals surface area contributed by atoms with Crippen molar-refractivity contribution in [3.8, 4) is 5.69 Å². The van der Waals surface area contributed by atoms with Gasteiger partial charge in [-0.05, 0) is 55.9 Å². The van der Waals surface area contributed by atoms with Crippen molar-refractivity contribution >= 4 is 22.8 Å². The van der Waals surface area contributed by atoms with E-state index in [9.17, 15) is 4.79 Å². The van der Waals surface area contributed by atoms with Gasteiger partial charge in [-0.1, -0.05) is 31.2 Å². The maximum Gasteiger partial charge on any atom is 0.319 e. The number of nitrogens with zero attached hydrogens (tertiary/aromatic N) is 4. The van der Waals surface area contributed by atoms with E-state index in [1.807, 2.05) is 48.5 Å². The molecule has 2 amide bonds. The first-order valence-electron chi connectivity index (χ1n) is 9.39. The van der Waals surface area contributed by atoms with E-state index in [2.05, 4.69) is 39.7 Å². The molecule has 0 saturated carbocycles. The third-order valence-corrected chi connectivity index (χ3v) is 4.42. The molecule has 0 saturated heterocycles. The van der Waals surface area contributed by atoms with Gasteiger partial charge in [-0.15, -0.1) is 5.10 Å². The lowest BCUT2D eigenvalue weighted by molar-refractivity contribution is 0.246. The zero-order valence-electron chi connectivity index (χ0n) is 15.9. The van der Waals surface area contributed by atoms with Gasteiger partial charge in [-0.3, -0.25) is 0 Å². The first kappa shape index (κ1) is 18.8. The molecule has 0 spiro atoms. The number of likely N-dealkylation sites (N-methyl/N-ethyl adjacent to an activating group) is 1. The molecule has 3 rings (SSSR count). The summed E-state index contributed by atoms with van der Waals surface area (Å²) in [5, 5.41) is 14.1. The number of fused-ring (bicyclic) bond motifs is 1. The molecule has 0 aliphatic carbocycles. The number of rotatable bonds is 8. The fourth-order valence-corrected chi connectivity index (χ4v) is 2.99. The van der Waals surface area contributed by atoms with E-state index < -0.39 is 0 Å². The number of carbonyl (C=O) groups excluding carboxylic acids is 1. The van der Waals surface area contributed by atoms with Gasteiger partial charge in [0.2, 0.25) is 0 Å². The topological polar surface area (TPSA) is 75.1 Å². The molecule has 0 aliphatic heterocycles. The standard InChI is InChI=1S/C20H26N6O/c1-3-14-25(4-2)15-13-21-20(27)22-16-9-11-17(12-10-16)26-19-8-6-5-7-18(19)23-24-26/h5-12H,3-4,13-15H2,1-2H3,(H2,21,22,27). The van der Waals surface area contributed by atoms with Crippen molar-refractivity contribution in [3.05, 3.63) is 48.5 Å². The molecule has 1 heterocycles. The summed E-state index contributed by atoms with van der Waals surface area (Å²) in [4.78, 5) is 14.4. The fourth-order valence-electron chi connectivity index (χ4n) is 2.99. The minimum Gasteiger partial charge on any atom is -0.337 e. The number of aromatic nitrogens is 3. The van der Waals surface area contributed by atoms with E-state index in [4.69, 9.17) is 0 Å². The highest BCUT2D eigenvalue weighted by atomic mass is 16.2. The van der Waals surface area contributed by atoms with Crippen LogP contribution in [0.5, 0.6) is 0 Å². The Morgan fingerprint density at radius 2 is 1.85 bits per heavy atom. The van der Waals surface area contributed by atoms with Crippen molar-refractivity contribution in [1.82, 2.24) is 25.2 Å². The van der Waals surface area contributed by atoms with Crippen LogP contribution in [0.4, 0.5) is 10.5 Å². The second-order valence-corrected chi connectivity index (χ2v) is 6.35. The van der Waals surface area contributed by atoms with Crippen molar-refractivity contribution in [1.29, 1.82) is 0 Å². The molecule has 0 fully saturated rings. The summed E-state index contributed by atoms with van der Waals surface area (Å²) in [6.07, 6.45) is 1.12. The Balaban J connectivity index is 1.55. The quantitative estimate of drug-likeness (QED) is 0.642. The fraction of sp³-hybridized carbons (Fsp3) is 0.350. The van der Waals surface area contributed by atoms with Gasteiger partial charge in [0, 0.05) is 18.8 Å². The number of nitrogens with one attached hydrogen (secondary N) is 2. The van der Waals surface area contributed by atoms with E-state index in [0.717, 1.165) is 48.5 Å². The molecule has 1 aromatic heterocycles. The molecule has 0 bridgehead atoms. The SMILES string of the molecule is CCCN(CC)CCNC(=O)Nc1ccc(-n2nnc3ccccc32)cc1. The molecule has 3 aromatic rings. The molecule has 142 valence electrons. The van der Waals surface area contributed by atoms with E-state index in [0.29, 0.717) is 6.54 Å². The van der Waals surface area contributed by atoms with Crippen LogP contribution in [-0.4, -0.2) is 52.1 Å². The minimum atomic E-state index is -0.193. The summed E-state index contributed by atoms with van der Waals surface area (Å²) >= 11 is 0. The molecule has 2 N–H and O–H groups in total. The van der Waals surface area contributed by atoms with Gasteiger partial charge in [-0.25, -0.2) is 9.48 Å². The van der Waals surface area contributed by atoms with Crippen LogP contribution >= 0.6 is 0 Å². The van der Waals surface area contributed by atoms with Gasteiger partial charge in [0.25, 0.3) is 0 Å². The van der Waals surface area contributed by atoms with Gasteiger partial charge in [0.15, 0.2) is 0 Å². The number of anilines is 1. The second-order valence-electron chi connectivity index (χ2n) is 6.35. The predicted molar refractivity (Wildman–Crippen MR) is 108 cm³/mol. The van der Waals surface area contributed by atoms with Gasteiger partial charge < -0.3 is 15.5 Å². The minimum absolute atomic E-state index is 0.193. The van der Waals surface area contributed by atoms with Crippen LogP contribution < -0.4 is 10.6 Å². The third-order valence-electron chi connectivity index (χ3n) is 4.42. The Bertz CT molecular complexity index is 874. The maximum absolute atomic E-state index is 12.1. The number of hydrogen-bond donors (Lipinski definition) is 2. The van der Waals surface area contributed by atoms with E-state index in [1.54, 1.807) is 4.68 Å². The second kappa shape index (κ2) is 9.14. The summed E-state index contributed by atoms with van der Waals surface area (Å²) in [6.45, 7) is 7.83. The lowest BCUT2D eigenvalue weighted by atomic mass is 10.2. The first-order valence-corrected chi connectivity index (χ1v) is 9.39. The number of urea groups is 1. The molecule has 7 nitrogen and oxygen atoms in total. The number of para-hydroxylation sites is 1. The zero-order chi connectivity index (χ0) is 19.1. The molecule has 0 aliphatic rings. The van der Waals surface area contributed by atoms with E-state index in [1.165, 1.54) is 0 Å². The number of amides is 2.